The van der Waals surface area contributed by atoms with Crippen LogP contribution in [0.25, 0.3) is 0 Å². The Morgan fingerprint density at radius 2 is 2.00 bits per heavy atom. The second kappa shape index (κ2) is 8.33. The van der Waals surface area contributed by atoms with E-state index in [1.165, 1.54) is 12.2 Å². The molecule has 0 heterocycles. The van der Waals surface area contributed by atoms with Gasteiger partial charge in [0.25, 0.3) is 0 Å². The lowest BCUT2D eigenvalue weighted by Gasteiger charge is -2.15. The fourth-order valence-electron chi connectivity index (χ4n) is 1.90. The number of benzene rings is 1. The van der Waals surface area contributed by atoms with Crippen molar-refractivity contribution in [3.05, 3.63) is 35.4 Å². The van der Waals surface area contributed by atoms with Crippen LogP contribution in [0.5, 0.6) is 0 Å². The molecule has 18 heavy (non-hydrogen) atoms. The molecule has 1 aromatic rings. The summed E-state index contributed by atoms with van der Waals surface area (Å²) in [6, 6.07) is 7.82. The van der Waals surface area contributed by atoms with Crippen LogP contribution in [-0.2, 0) is 0 Å². The Morgan fingerprint density at radius 1 is 1.28 bits per heavy atom. The van der Waals surface area contributed by atoms with Crippen LogP contribution in [0.1, 0.15) is 28.8 Å². The number of hydrogen-bond acceptors (Lipinski definition) is 3. The summed E-state index contributed by atoms with van der Waals surface area (Å²) in [6.07, 6.45) is 3.93. The molecule has 0 atom stereocenters. The zero-order valence-corrected chi connectivity index (χ0v) is 12.4. The van der Waals surface area contributed by atoms with Crippen molar-refractivity contribution in [2.24, 2.45) is 0 Å². The summed E-state index contributed by atoms with van der Waals surface area (Å²) in [5, 5.41) is 0. The minimum atomic E-state index is 0.254. The van der Waals surface area contributed by atoms with Gasteiger partial charge in [-0.2, -0.15) is 11.8 Å². The van der Waals surface area contributed by atoms with Gasteiger partial charge in [-0.25, -0.2) is 0 Å². The molecule has 1 rings (SSSR count). The summed E-state index contributed by atoms with van der Waals surface area (Å²) < 4.78 is 0. The van der Waals surface area contributed by atoms with Gasteiger partial charge >= 0.3 is 0 Å². The third-order valence-electron chi connectivity index (χ3n) is 3.05. The van der Waals surface area contributed by atoms with Crippen LogP contribution in [0, 0.1) is 6.92 Å². The minimum Gasteiger partial charge on any atom is -0.306 e. The topological polar surface area (TPSA) is 20.3 Å². The van der Waals surface area contributed by atoms with E-state index in [-0.39, 0.29) is 5.78 Å². The number of carbonyl (C=O) groups is 1. The standard InChI is InChI=1S/C15H23NOS/c1-13-7-4-5-8-14(13)15(17)9-11-16(2)10-6-12-18-3/h4-5,7-8H,6,9-12H2,1-3H3. The predicted molar refractivity (Wildman–Crippen MR) is 80.6 cm³/mol. The average Bonchev–Trinajstić information content (AvgIpc) is 2.37. The van der Waals surface area contributed by atoms with Crippen LogP contribution in [0.4, 0.5) is 0 Å². The van der Waals surface area contributed by atoms with E-state index in [0.29, 0.717) is 6.42 Å². The first kappa shape index (κ1) is 15.3. The lowest BCUT2D eigenvalue weighted by Crippen LogP contribution is -2.23. The third-order valence-corrected chi connectivity index (χ3v) is 3.75. The molecular weight excluding hydrogens is 242 g/mol. The molecule has 0 aliphatic heterocycles. The highest BCUT2D eigenvalue weighted by atomic mass is 32.2. The number of Topliss-reactive ketones (excluding diaryl/α,β-unsaturated/α-hetero) is 1. The Kier molecular flexibility index (Phi) is 7.06. The average molecular weight is 265 g/mol. The number of rotatable bonds is 8. The van der Waals surface area contributed by atoms with Gasteiger partial charge in [0, 0.05) is 18.5 Å². The van der Waals surface area contributed by atoms with Crippen LogP contribution < -0.4 is 0 Å². The van der Waals surface area contributed by atoms with Crippen molar-refractivity contribution >= 4 is 17.5 Å². The van der Waals surface area contributed by atoms with Crippen molar-refractivity contribution in [1.29, 1.82) is 0 Å². The van der Waals surface area contributed by atoms with Gasteiger partial charge in [-0.05, 0) is 44.5 Å². The smallest absolute Gasteiger partial charge is 0.164 e. The fraction of sp³-hybridized carbons (Fsp3) is 0.533. The summed E-state index contributed by atoms with van der Waals surface area (Å²) in [7, 11) is 2.09. The van der Waals surface area contributed by atoms with E-state index < -0.39 is 0 Å². The third kappa shape index (κ3) is 5.23. The Labute approximate surface area is 115 Å². The maximum absolute atomic E-state index is 12.1. The van der Waals surface area contributed by atoms with Gasteiger partial charge in [0.1, 0.15) is 0 Å². The van der Waals surface area contributed by atoms with E-state index >= 15 is 0 Å². The number of nitrogens with zero attached hydrogens (tertiary/aromatic N) is 1. The monoisotopic (exact) mass is 265 g/mol. The molecule has 1 aromatic carbocycles. The van der Waals surface area contributed by atoms with Gasteiger partial charge in [-0.3, -0.25) is 4.79 Å². The fourth-order valence-corrected chi connectivity index (χ4v) is 2.32. The Morgan fingerprint density at radius 3 is 2.67 bits per heavy atom. The number of carbonyl (C=O) groups excluding carboxylic acids is 1. The van der Waals surface area contributed by atoms with Gasteiger partial charge in [-0.1, -0.05) is 24.3 Å². The highest BCUT2D eigenvalue weighted by molar-refractivity contribution is 7.98. The minimum absolute atomic E-state index is 0.254. The zero-order valence-electron chi connectivity index (χ0n) is 11.6. The van der Waals surface area contributed by atoms with Crippen LogP contribution in [0.2, 0.25) is 0 Å². The molecule has 2 nitrogen and oxygen atoms in total. The number of hydrogen-bond donors (Lipinski definition) is 0. The van der Waals surface area contributed by atoms with Crippen LogP contribution in [-0.4, -0.2) is 42.8 Å². The highest BCUT2D eigenvalue weighted by Crippen LogP contribution is 2.10. The first-order valence-corrected chi connectivity index (χ1v) is 7.81. The van der Waals surface area contributed by atoms with Crippen LogP contribution in [0.15, 0.2) is 24.3 Å². The van der Waals surface area contributed by atoms with Gasteiger partial charge in [0.05, 0.1) is 0 Å². The van der Waals surface area contributed by atoms with Crippen LogP contribution >= 0.6 is 11.8 Å². The zero-order chi connectivity index (χ0) is 13.4. The molecule has 0 aliphatic carbocycles. The molecule has 0 aromatic heterocycles. The molecule has 0 saturated heterocycles. The maximum atomic E-state index is 12.1. The SMILES string of the molecule is CSCCCN(C)CCC(=O)c1ccccc1C. The molecule has 0 aliphatic rings. The molecule has 0 amide bonds. The lowest BCUT2D eigenvalue weighted by molar-refractivity contribution is 0.0968. The van der Waals surface area contributed by atoms with Crippen LogP contribution in [0.3, 0.4) is 0 Å². The van der Waals surface area contributed by atoms with Crippen molar-refractivity contribution in [2.45, 2.75) is 19.8 Å². The van der Waals surface area contributed by atoms with Crippen molar-refractivity contribution in [3.8, 4) is 0 Å². The van der Waals surface area contributed by atoms with E-state index in [1.54, 1.807) is 0 Å². The molecular formula is C15H23NOS. The second-order valence-corrected chi connectivity index (χ2v) is 5.62. The summed E-state index contributed by atoms with van der Waals surface area (Å²) in [4.78, 5) is 14.3. The van der Waals surface area contributed by atoms with Crippen molar-refractivity contribution in [3.63, 3.8) is 0 Å². The summed E-state index contributed by atoms with van der Waals surface area (Å²) in [6.45, 7) is 3.92. The lowest BCUT2D eigenvalue weighted by atomic mass is 10.0. The molecule has 0 fully saturated rings. The largest absolute Gasteiger partial charge is 0.306 e. The van der Waals surface area contributed by atoms with Gasteiger partial charge in [-0.15, -0.1) is 0 Å². The molecule has 0 N–H and O–H groups in total. The molecule has 0 radical (unpaired) electrons. The number of aryl methyl sites for hydroxylation is 1. The summed E-state index contributed by atoms with van der Waals surface area (Å²) in [5.74, 6) is 1.45. The molecule has 3 heteroatoms. The Hall–Kier alpha value is -0.800. The van der Waals surface area contributed by atoms with Crippen molar-refractivity contribution in [1.82, 2.24) is 4.90 Å². The second-order valence-electron chi connectivity index (χ2n) is 4.64. The first-order chi connectivity index (χ1) is 8.65. The first-order valence-electron chi connectivity index (χ1n) is 6.41. The van der Waals surface area contributed by atoms with Gasteiger partial charge < -0.3 is 4.90 Å². The maximum Gasteiger partial charge on any atom is 0.164 e. The number of ketones is 1. The van der Waals surface area contributed by atoms with Gasteiger partial charge in [0.15, 0.2) is 5.78 Å². The Bertz CT molecular complexity index is 379. The number of thioether (sulfide) groups is 1. The molecule has 100 valence electrons. The summed E-state index contributed by atoms with van der Waals surface area (Å²) in [5.41, 5.74) is 1.95. The molecule has 0 spiro atoms. The van der Waals surface area contributed by atoms with Gasteiger partial charge in [0.2, 0.25) is 0 Å². The highest BCUT2D eigenvalue weighted by Gasteiger charge is 2.09. The van der Waals surface area contributed by atoms with Crippen molar-refractivity contribution in [2.75, 3.05) is 32.1 Å². The quantitative estimate of drug-likeness (QED) is 0.531. The van der Waals surface area contributed by atoms with E-state index in [0.717, 1.165) is 24.2 Å². The molecule has 0 bridgehead atoms. The normalized spacial score (nSPS) is 10.9. The molecule has 0 unspecified atom stereocenters. The Balaban J connectivity index is 2.35. The van der Waals surface area contributed by atoms with E-state index in [4.69, 9.17) is 0 Å². The summed E-state index contributed by atoms with van der Waals surface area (Å²) >= 11 is 1.87. The van der Waals surface area contributed by atoms with E-state index in [2.05, 4.69) is 18.2 Å². The molecule has 0 saturated carbocycles. The predicted octanol–water partition coefficient (Wildman–Crippen LogP) is 3.25. The van der Waals surface area contributed by atoms with E-state index in [1.807, 2.05) is 43.0 Å². The van der Waals surface area contributed by atoms with E-state index in [9.17, 15) is 4.79 Å². The van der Waals surface area contributed by atoms with Crippen molar-refractivity contribution < 1.29 is 4.79 Å².